The van der Waals surface area contributed by atoms with Gasteiger partial charge in [-0.25, -0.2) is 9.97 Å². The van der Waals surface area contributed by atoms with Gasteiger partial charge in [0.2, 0.25) is 0 Å². The molecule has 0 bridgehead atoms. The fraction of sp³-hybridized carbons (Fsp3) is 0.429. The van der Waals surface area contributed by atoms with Gasteiger partial charge in [0.25, 0.3) is 0 Å². The van der Waals surface area contributed by atoms with Crippen molar-refractivity contribution in [2.75, 3.05) is 26.1 Å². The molecule has 0 aliphatic rings. The highest BCUT2D eigenvalue weighted by atomic mass is 32.2. The van der Waals surface area contributed by atoms with Crippen molar-refractivity contribution in [2.45, 2.75) is 17.9 Å². The molecule has 0 amide bonds. The molecule has 1 heterocycles. The standard InChI is InChI=1S/C14H19N2O5PS/c1-20-12-7-10-11(8-13(12)21-2)15-9-16-14(10)23-6-4-3-5-22(17,18)19/h7-9H,3-6H2,1-2H3,(H2,17,18,19). The third-order valence-corrected chi connectivity index (χ3v) is 5.18. The van der Waals surface area contributed by atoms with Gasteiger partial charge in [-0.05, 0) is 24.7 Å². The number of benzene rings is 1. The van der Waals surface area contributed by atoms with Gasteiger partial charge in [0.05, 0.1) is 19.7 Å². The van der Waals surface area contributed by atoms with Crippen molar-refractivity contribution in [3.05, 3.63) is 18.5 Å². The fourth-order valence-electron chi connectivity index (χ4n) is 2.06. The highest BCUT2D eigenvalue weighted by Gasteiger charge is 2.13. The number of hydrogen-bond acceptors (Lipinski definition) is 6. The van der Waals surface area contributed by atoms with E-state index in [0.717, 1.165) is 21.7 Å². The van der Waals surface area contributed by atoms with Gasteiger partial charge in [-0.3, -0.25) is 4.57 Å². The fourth-order valence-corrected chi connectivity index (χ4v) is 3.68. The van der Waals surface area contributed by atoms with E-state index in [-0.39, 0.29) is 6.16 Å². The number of unbranched alkanes of at least 4 members (excludes halogenated alkanes) is 1. The molecule has 23 heavy (non-hydrogen) atoms. The maximum absolute atomic E-state index is 10.8. The predicted octanol–water partition coefficient (Wildman–Crippen LogP) is 2.70. The van der Waals surface area contributed by atoms with Crippen LogP contribution in [0.2, 0.25) is 0 Å². The largest absolute Gasteiger partial charge is 0.493 e. The Balaban J connectivity index is 2.10. The number of methoxy groups -OCH3 is 2. The minimum absolute atomic E-state index is 0.0803. The molecule has 0 saturated carbocycles. The van der Waals surface area contributed by atoms with E-state index in [4.69, 9.17) is 19.3 Å². The number of rotatable bonds is 8. The van der Waals surface area contributed by atoms with Crippen LogP contribution in [0.15, 0.2) is 23.5 Å². The average Bonchev–Trinajstić information content (AvgIpc) is 2.52. The summed E-state index contributed by atoms with van der Waals surface area (Å²) in [5.74, 6) is 1.94. The monoisotopic (exact) mass is 358 g/mol. The second-order valence-electron chi connectivity index (χ2n) is 4.85. The number of thioether (sulfide) groups is 1. The zero-order valence-electron chi connectivity index (χ0n) is 12.9. The van der Waals surface area contributed by atoms with Gasteiger partial charge in [-0.2, -0.15) is 0 Å². The zero-order valence-corrected chi connectivity index (χ0v) is 14.6. The van der Waals surface area contributed by atoms with Gasteiger partial charge >= 0.3 is 7.60 Å². The molecule has 0 atom stereocenters. The Morgan fingerprint density at radius 1 is 1.13 bits per heavy atom. The molecule has 1 aromatic heterocycles. The zero-order chi connectivity index (χ0) is 16.9. The van der Waals surface area contributed by atoms with E-state index >= 15 is 0 Å². The van der Waals surface area contributed by atoms with Crippen molar-refractivity contribution < 1.29 is 23.8 Å². The summed E-state index contributed by atoms with van der Waals surface area (Å²) >= 11 is 1.53. The van der Waals surface area contributed by atoms with E-state index in [9.17, 15) is 4.57 Å². The van der Waals surface area contributed by atoms with Crippen molar-refractivity contribution in [3.63, 3.8) is 0 Å². The number of aromatic nitrogens is 2. The summed E-state index contributed by atoms with van der Waals surface area (Å²) in [4.78, 5) is 26.2. The Morgan fingerprint density at radius 3 is 2.48 bits per heavy atom. The van der Waals surface area contributed by atoms with E-state index in [1.54, 1.807) is 20.3 Å². The third-order valence-electron chi connectivity index (χ3n) is 3.19. The van der Waals surface area contributed by atoms with Gasteiger partial charge in [0.15, 0.2) is 11.5 Å². The van der Waals surface area contributed by atoms with Crippen LogP contribution in [0, 0.1) is 0 Å². The molecule has 0 spiro atoms. The van der Waals surface area contributed by atoms with Crippen molar-refractivity contribution in [1.29, 1.82) is 0 Å². The molecular formula is C14H19N2O5PS. The average molecular weight is 358 g/mol. The Labute approximate surface area is 138 Å². The van der Waals surface area contributed by atoms with Gasteiger partial charge in [-0.1, -0.05) is 0 Å². The SMILES string of the molecule is COc1cc2ncnc(SCCCCP(=O)(O)O)c2cc1OC. The highest BCUT2D eigenvalue weighted by Crippen LogP contribution is 2.37. The Hall–Kier alpha value is -1.34. The van der Waals surface area contributed by atoms with Crippen LogP contribution in [0.1, 0.15) is 12.8 Å². The lowest BCUT2D eigenvalue weighted by Crippen LogP contribution is -1.94. The lowest BCUT2D eigenvalue weighted by atomic mass is 10.2. The molecule has 126 valence electrons. The maximum Gasteiger partial charge on any atom is 0.325 e. The Bertz CT molecular complexity index is 722. The topological polar surface area (TPSA) is 102 Å². The molecular weight excluding hydrogens is 339 g/mol. The lowest BCUT2D eigenvalue weighted by Gasteiger charge is -2.10. The number of nitrogens with zero attached hydrogens (tertiary/aromatic N) is 2. The smallest absolute Gasteiger partial charge is 0.325 e. The number of hydrogen-bond donors (Lipinski definition) is 2. The molecule has 2 rings (SSSR count). The number of ether oxygens (including phenoxy) is 2. The summed E-state index contributed by atoms with van der Waals surface area (Å²) in [6, 6.07) is 3.64. The molecule has 9 heteroatoms. The summed E-state index contributed by atoms with van der Waals surface area (Å²) < 4.78 is 21.4. The third kappa shape index (κ3) is 5.07. The summed E-state index contributed by atoms with van der Waals surface area (Å²) in [5.41, 5.74) is 0.760. The van der Waals surface area contributed by atoms with Crippen molar-refractivity contribution in [3.8, 4) is 11.5 Å². The first-order valence-corrected chi connectivity index (χ1v) is 9.77. The van der Waals surface area contributed by atoms with Crippen molar-refractivity contribution in [2.24, 2.45) is 0 Å². The van der Waals surface area contributed by atoms with Gasteiger partial charge in [-0.15, -0.1) is 11.8 Å². The van der Waals surface area contributed by atoms with Gasteiger partial charge in [0, 0.05) is 17.6 Å². The summed E-state index contributed by atoms with van der Waals surface area (Å²) in [7, 11) is -0.759. The summed E-state index contributed by atoms with van der Waals surface area (Å²) in [6.07, 6.45) is 2.60. The summed E-state index contributed by atoms with van der Waals surface area (Å²) in [6.45, 7) is 0. The minimum Gasteiger partial charge on any atom is -0.493 e. The number of fused-ring (bicyclic) bond motifs is 1. The lowest BCUT2D eigenvalue weighted by molar-refractivity contribution is 0.355. The molecule has 2 aromatic rings. The molecule has 0 saturated heterocycles. The van der Waals surface area contributed by atoms with Crippen LogP contribution < -0.4 is 9.47 Å². The van der Waals surface area contributed by atoms with E-state index in [1.807, 2.05) is 6.07 Å². The van der Waals surface area contributed by atoms with E-state index in [0.29, 0.717) is 24.3 Å². The van der Waals surface area contributed by atoms with Crippen LogP contribution >= 0.6 is 19.4 Å². The first-order chi connectivity index (χ1) is 10.9. The maximum atomic E-state index is 10.8. The van der Waals surface area contributed by atoms with Gasteiger partial charge in [0.1, 0.15) is 11.4 Å². The second kappa shape index (κ2) is 7.97. The molecule has 0 unspecified atom stereocenters. The van der Waals surface area contributed by atoms with Gasteiger partial charge < -0.3 is 19.3 Å². The quantitative estimate of drug-likeness (QED) is 0.321. The molecule has 0 fully saturated rings. The van der Waals surface area contributed by atoms with Crippen LogP contribution in [0.25, 0.3) is 10.9 Å². The molecule has 7 nitrogen and oxygen atoms in total. The predicted molar refractivity (Wildman–Crippen MR) is 89.5 cm³/mol. The normalized spacial score (nSPS) is 11.7. The second-order valence-corrected chi connectivity index (χ2v) is 7.71. The van der Waals surface area contributed by atoms with Crippen molar-refractivity contribution in [1.82, 2.24) is 9.97 Å². The summed E-state index contributed by atoms with van der Waals surface area (Å²) in [5, 5.41) is 1.68. The molecule has 0 aliphatic heterocycles. The van der Waals surface area contributed by atoms with Crippen LogP contribution in [0.4, 0.5) is 0 Å². The van der Waals surface area contributed by atoms with Crippen LogP contribution in [0.3, 0.4) is 0 Å². The van der Waals surface area contributed by atoms with Crippen LogP contribution in [-0.2, 0) is 4.57 Å². The molecule has 1 aromatic carbocycles. The van der Waals surface area contributed by atoms with Crippen LogP contribution in [-0.4, -0.2) is 45.9 Å². The molecule has 2 N–H and O–H groups in total. The van der Waals surface area contributed by atoms with Crippen molar-refractivity contribution >= 4 is 30.3 Å². The van der Waals surface area contributed by atoms with Crippen LogP contribution in [0.5, 0.6) is 11.5 Å². The first kappa shape index (κ1) is 18.0. The first-order valence-electron chi connectivity index (χ1n) is 6.98. The van der Waals surface area contributed by atoms with E-state index in [2.05, 4.69) is 9.97 Å². The highest BCUT2D eigenvalue weighted by molar-refractivity contribution is 7.99. The Kier molecular flexibility index (Phi) is 6.24. The molecule has 0 radical (unpaired) electrons. The minimum atomic E-state index is -3.90. The Morgan fingerprint density at radius 2 is 1.83 bits per heavy atom. The van der Waals surface area contributed by atoms with E-state index in [1.165, 1.54) is 18.1 Å². The molecule has 0 aliphatic carbocycles. The van der Waals surface area contributed by atoms with E-state index < -0.39 is 7.60 Å².